The maximum Gasteiger partial charge on any atom is 0.306 e. The summed E-state index contributed by atoms with van der Waals surface area (Å²) in [6.07, 6.45) is 12.4. The monoisotopic (exact) mass is 1880 g/mol. The van der Waals surface area contributed by atoms with Crippen LogP contribution in [0.5, 0.6) is 28.7 Å². The summed E-state index contributed by atoms with van der Waals surface area (Å²) in [7, 11) is 16.4. The van der Waals surface area contributed by atoms with E-state index in [1.165, 1.54) is 40.8 Å². The molecule has 9 aromatic rings. The van der Waals surface area contributed by atoms with Gasteiger partial charge in [0.1, 0.15) is 40.4 Å². The van der Waals surface area contributed by atoms with Gasteiger partial charge in [-0.15, -0.1) is 0 Å². The molecule has 5 N–H and O–H groups in total. The van der Waals surface area contributed by atoms with Gasteiger partial charge in [0, 0.05) is 125 Å². The minimum atomic E-state index is -0.948. The van der Waals surface area contributed by atoms with Gasteiger partial charge in [-0.1, -0.05) is 54.6 Å². The number of rotatable bonds is 33. The molecule has 0 aliphatic carbocycles. The average molecular weight is 1890 g/mol. The number of nitrogens with zero attached hydrogens (tertiary/aromatic N) is 11. The molecule has 0 spiro atoms. The number of hydrogen-bond acceptors (Lipinski definition) is 27. The summed E-state index contributed by atoms with van der Waals surface area (Å²) in [6, 6.07) is 50.6. The number of benzene rings is 5. The van der Waals surface area contributed by atoms with E-state index in [9.17, 15) is 63.5 Å². The van der Waals surface area contributed by atoms with Crippen molar-refractivity contribution in [1.29, 1.82) is 0 Å². The van der Waals surface area contributed by atoms with E-state index < -0.39 is 41.5 Å². The number of esters is 4. The molecule has 0 bridgehead atoms. The summed E-state index contributed by atoms with van der Waals surface area (Å²) in [5.41, 5.74) is 10.6. The zero-order valence-electron chi connectivity index (χ0n) is 79.4. The Morgan fingerprint density at radius 2 is 0.796 bits per heavy atom. The molecule has 35 nitrogen and oxygen atoms in total. The number of carboxylic acids is 1. The van der Waals surface area contributed by atoms with Crippen LogP contribution in [0.4, 0.5) is 17.5 Å². The molecule has 0 radical (unpaired) electrons. The number of carbonyl (C=O) groups is 10. The summed E-state index contributed by atoms with van der Waals surface area (Å²) in [6.45, 7) is 7.27. The molecule has 5 amide bonds. The van der Waals surface area contributed by atoms with Gasteiger partial charge < -0.3 is 93.7 Å². The fraction of sp³-hybridized carbons (Fsp3) is 0.412. The molecule has 0 saturated heterocycles. The first-order chi connectivity index (χ1) is 66.0. The third-order valence-electron chi connectivity index (χ3n) is 23.9. The second-order valence-corrected chi connectivity index (χ2v) is 34.0. The minimum absolute atomic E-state index is 0.0309. The number of nitrogens with one attached hydrogen (secondary N) is 2. The third-order valence-corrected chi connectivity index (χ3v) is 23.9. The Morgan fingerprint density at radius 3 is 1.19 bits per heavy atom. The smallest absolute Gasteiger partial charge is 0.306 e. The van der Waals surface area contributed by atoms with Gasteiger partial charge in [-0.05, 0) is 204 Å². The van der Waals surface area contributed by atoms with E-state index in [-0.39, 0.29) is 85.3 Å². The van der Waals surface area contributed by atoms with Crippen LogP contribution < -0.4 is 54.5 Å². The second kappa shape index (κ2) is 52.7. The van der Waals surface area contributed by atoms with Gasteiger partial charge >= 0.3 is 29.8 Å². The molecular formula is C102H125N13O22. The molecule has 5 atom stereocenters. The molecule has 5 aliphatic heterocycles. The topological polar surface area (TPSA) is 419 Å². The number of carboxylic acid groups (broad SMARTS) is 1. The Kier molecular flexibility index (Phi) is 40.2. The Bertz CT molecular complexity index is 5650. The summed E-state index contributed by atoms with van der Waals surface area (Å²) < 4.78 is 44.2. The number of phenolic OH excluding ortho intramolecular Hbond substituents is 1. The lowest BCUT2D eigenvalue weighted by Crippen LogP contribution is -2.36. The van der Waals surface area contributed by atoms with Crippen molar-refractivity contribution in [3.05, 3.63) is 255 Å². The number of carbonyl (C=O) groups excluding carboxylic acids is 9. The predicted octanol–water partition coefficient (Wildman–Crippen LogP) is 9.38. The van der Waals surface area contributed by atoms with Gasteiger partial charge in [-0.25, -0.2) is 14.7 Å². The average Bonchev–Trinajstić information content (AvgIpc) is 1.72. The van der Waals surface area contributed by atoms with Crippen molar-refractivity contribution in [1.82, 2.24) is 40.0 Å². The first-order valence-electron chi connectivity index (χ1n) is 45.6. The lowest BCUT2D eigenvalue weighted by atomic mass is 9.94. The van der Waals surface area contributed by atoms with Crippen molar-refractivity contribution in [3.8, 4) is 28.7 Å². The molecule has 137 heavy (non-hydrogen) atoms. The van der Waals surface area contributed by atoms with E-state index in [0.717, 1.165) is 132 Å². The number of methoxy groups -OCH3 is 4. The standard InChI is InChI=1S/C23H29N3O5.C23H29N3O4.C22H27N3O4.C21H25N3O5.C13H15NO4/c1-24(21-7-4-5-11-26(21)29)10-6-12-31-20-9-8-17-13-18(15-22(27)30-3)23(28)25(2)16-19(17)14-20;1-25(21-7-4-5-10-24-21)11-6-12-30-20-9-8-17-13-18(15-22(27)29-3)23(28)26(2)16-19(17)14-20;1-24(20-6-3-4-9-23-20)10-5-11-29-19-8-7-16-12-17(14-21(26)27)22(28)25(2)15-18(16)13-19;1-28-20(25)13-16-11-15-6-7-18(12-17(15)14-23-21(16)26)29-10-4-8-22-19-5-2-3-9-24(19)27;1-18-12(16)6-9-4-8-2-3-11(15)5-10(8)7-14-13(9)17/h4-5,7-9,11,14,18H,6,10,12-13,15-16H2,1-3H3;4-5,7-10,14,18H,6,11-13,15-16H2,1-3H3;3-4,6-9,13,17H,5,10-12,14-15H2,1-2H3,(H,26,27);2-3,5-7,9,12,16,27H,4,8,10-11,13-14H2,1H3,(H,23,26);2-3,5,9,15H,4,6-7H2,1H3,(H,14,17). The third kappa shape index (κ3) is 32.2. The number of ether oxygens (including phenoxy) is 8. The van der Waals surface area contributed by atoms with Gasteiger partial charge in [-0.2, -0.15) is 4.73 Å². The van der Waals surface area contributed by atoms with E-state index in [2.05, 4.69) is 44.9 Å². The van der Waals surface area contributed by atoms with Crippen molar-refractivity contribution >= 4 is 76.8 Å². The normalized spacial score (nSPS) is 16.4. The molecule has 9 heterocycles. The first kappa shape index (κ1) is 104. The molecule has 0 saturated carbocycles. The second-order valence-electron chi connectivity index (χ2n) is 34.0. The highest BCUT2D eigenvalue weighted by atomic mass is 16.5. The van der Waals surface area contributed by atoms with Crippen LogP contribution in [0.3, 0.4) is 0 Å². The van der Waals surface area contributed by atoms with Crippen LogP contribution in [-0.4, -0.2) is 228 Å². The number of aromatic hydroxyl groups is 1. The van der Waals surface area contributed by atoms with Gasteiger partial charge in [0.25, 0.3) is 5.82 Å². The zero-order chi connectivity index (χ0) is 98.5. The van der Waals surface area contributed by atoms with Crippen LogP contribution in [0, 0.1) is 34.8 Å². The first-order valence-corrected chi connectivity index (χ1v) is 45.6. The van der Waals surface area contributed by atoms with Gasteiger partial charge in [0.2, 0.25) is 29.5 Å². The lowest BCUT2D eigenvalue weighted by Gasteiger charge is -2.19. The van der Waals surface area contributed by atoms with E-state index in [0.29, 0.717) is 122 Å². The van der Waals surface area contributed by atoms with Crippen LogP contribution in [0.15, 0.2) is 194 Å². The molecule has 4 aromatic heterocycles. The van der Waals surface area contributed by atoms with Crippen LogP contribution in [0.2, 0.25) is 0 Å². The minimum Gasteiger partial charge on any atom is -0.711 e. The quantitative estimate of drug-likeness (QED) is 0.00638. The predicted molar refractivity (Wildman–Crippen MR) is 508 cm³/mol. The number of hydrogen-bond donors (Lipinski definition) is 5. The number of aromatic nitrogens is 4. The van der Waals surface area contributed by atoms with Crippen LogP contribution in [-0.2, 0) is 132 Å². The Balaban J connectivity index is 0.000000178. The van der Waals surface area contributed by atoms with Crippen molar-refractivity contribution < 1.29 is 106 Å². The van der Waals surface area contributed by atoms with Crippen LogP contribution in [0.1, 0.15) is 113 Å². The van der Waals surface area contributed by atoms with Crippen molar-refractivity contribution in [2.45, 2.75) is 123 Å². The lowest BCUT2D eigenvalue weighted by molar-refractivity contribution is -0.592. The number of fused-ring (bicyclic) bond motifs is 5. The SMILES string of the molecule is CN1Cc2cc(OCCCN(C)c3ccccn3)ccc2CC(CC(=O)O)C1=O.COC(=O)CC1Cc2ccc(O)cc2CNC1=O.COC(=O)CC1Cc2ccc(OCCCN(C)c3cccc[n+]3[O-])cc2CN(C)C1=O.COC(=O)CC1Cc2ccc(OCCCN(C)c3ccccn3)cc2CN(C)C1=O.COC(=O)CC1Cc2ccc(OCCCN=c3ccccn3O)cc2CNC1=O. The highest BCUT2D eigenvalue weighted by Gasteiger charge is 2.35. The summed E-state index contributed by atoms with van der Waals surface area (Å²) in [5.74, 6) is 0.539. The highest BCUT2D eigenvalue weighted by Crippen LogP contribution is 2.34. The highest BCUT2D eigenvalue weighted by molar-refractivity contribution is 5.88. The molecule has 5 aromatic carbocycles. The summed E-state index contributed by atoms with van der Waals surface area (Å²) >= 11 is 0. The van der Waals surface area contributed by atoms with Crippen molar-refractivity contribution in [2.24, 2.45) is 34.6 Å². The van der Waals surface area contributed by atoms with E-state index in [1.54, 1.807) is 90.7 Å². The zero-order valence-corrected chi connectivity index (χ0v) is 79.4. The largest absolute Gasteiger partial charge is 0.711 e. The Hall–Kier alpha value is -14.8. The maximum absolute atomic E-state index is 12.6. The summed E-state index contributed by atoms with van der Waals surface area (Å²) in [5, 5.41) is 45.5. The molecule has 5 unspecified atom stereocenters. The number of aliphatic carboxylic acids is 1. The maximum atomic E-state index is 12.6. The van der Waals surface area contributed by atoms with Crippen LogP contribution in [0.25, 0.3) is 0 Å². The summed E-state index contributed by atoms with van der Waals surface area (Å²) in [4.78, 5) is 143. The van der Waals surface area contributed by atoms with Crippen molar-refractivity contribution in [3.63, 3.8) is 0 Å². The molecular weight excluding hydrogens is 1760 g/mol. The van der Waals surface area contributed by atoms with Gasteiger partial charge in [-0.3, -0.25) is 57.8 Å². The Morgan fingerprint density at radius 1 is 0.438 bits per heavy atom. The Labute approximate surface area is 797 Å². The van der Waals surface area contributed by atoms with Crippen molar-refractivity contribution in [2.75, 3.05) is 138 Å². The molecule has 35 heteroatoms. The number of phenols is 1. The van der Waals surface area contributed by atoms with Gasteiger partial charge in [0.15, 0.2) is 5.49 Å². The number of pyridine rings is 4. The molecule has 14 rings (SSSR count). The molecule has 5 aliphatic rings. The molecule has 730 valence electrons. The van der Waals surface area contributed by atoms with E-state index >= 15 is 0 Å². The van der Waals surface area contributed by atoms with Crippen LogP contribution >= 0.6 is 0 Å². The number of anilines is 3. The molecule has 0 fully saturated rings. The fourth-order valence-corrected chi connectivity index (χ4v) is 16.4. The fourth-order valence-electron chi connectivity index (χ4n) is 16.4. The van der Waals surface area contributed by atoms with E-state index in [1.807, 2.05) is 147 Å². The van der Waals surface area contributed by atoms with Gasteiger partial charge in [0.05, 0.1) is 136 Å². The van der Waals surface area contributed by atoms with E-state index in [4.69, 9.17) is 33.5 Å². The number of amides is 5.